The number of nitrogens with zero attached hydrogens (tertiary/aromatic N) is 5. The van der Waals surface area contributed by atoms with E-state index in [1.54, 1.807) is 0 Å². The molecule has 0 amide bonds. The molecular formula is C11H18ClN5. The highest BCUT2D eigenvalue weighted by molar-refractivity contribution is 6.28. The van der Waals surface area contributed by atoms with Gasteiger partial charge in [0.25, 0.3) is 0 Å². The Morgan fingerprint density at radius 3 is 2.47 bits per heavy atom. The van der Waals surface area contributed by atoms with Gasteiger partial charge in [-0.2, -0.15) is 15.0 Å². The maximum atomic E-state index is 5.95. The Bertz CT molecular complexity index is 418. The molecule has 0 spiro atoms. The maximum absolute atomic E-state index is 5.95. The summed E-state index contributed by atoms with van der Waals surface area (Å²) in [7, 11) is 3.79. The van der Waals surface area contributed by atoms with E-state index < -0.39 is 0 Å². The van der Waals surface area contributed by atoms with Crippen molar-refractivity contribution < 1.29 is 0 Å². The summed E-state index contributed by atoms with van der Waals surface area (Å²) in [6.45, 7) is 5.38. The van der Waals surface area contributed by atoms with Crippen molar-refractivity contribution in [1.82, 2.24) is 15.0 Å². The second-order valence-electron chi connectivity index (χ2n) is 5.17. The van der Waals surface area contributed by atoms with E-state index in [0.717, 1.165) is 19.4 Å². The van der Waals surface area contributed by atoms with Crippen LogP contribution in [0.4, 0.5) is 11.9 Å². The molecule has 0 aliphatic carbocycles. The summed E-state index contributed by atoms with van der Waals surface area (Å²) >= 11 is 5.95. The highest BCUT2D eigenvalue weighted by Crippen LogP contribution is 2.32. The zero-order chi connectivity index (χ0) is 12.6. The minimum atomic E-state index is 0.0915. The van der Waals surface area contributed by atoms with Crippen molar-refractivity contribution in [3.05, 3.63) is 5.28 Å². The van der Waals surface area contributed by atoms with Gasteiger partial charge in [0.15, 0.2) is 0 Å². The second-order valence-corrected chi connectivity index (χ2v) is 5.50. The van der Waals surface area contributed by atoms with Crippen molar-refractivity contribution >= 4 is 23.5 Å². The molecule has 0 aromatic carbocycles. The Balaban J connectivity index is 2.38. The fraction of sp³-hybridized carbons (Fsp3) is 0.727. The van der Waals surface area contributed by atoms with E-state index in [-0.39, 0.29) is 10.8 Å². The van der Waals surface area contributed by atoms with Crippen molar-refractivity contribution in [2.75, 3.05) is 30.4 Å². The van der Waals surface area contributed by atoms with E-state index in [1.165, 1.54) is 0 Å². The number of hydrogen-bond donors (Lipinski definition) is 0. The van der Waals surface area contributed by atoms with Gasteiger partial charge in [-0.05, 0) is 38.3 Å². The quantitative estimate of drug-likeness (QED) is 0.809. The van der Waals surface area contributed by atoms with Crippen LogP contribution in [0.2, 0.25) is 5.28 Å². The average molecular weight is 256 g/mol. The molecular weight excluding hydrogens is 238 g/mol. The standard InChI is InChI=1S/C11H18ClN5/c1-11(2)6-5-7-17(11)10-14-8(12)13-9(15-10)16(3)4/h5-7H2,1-4H3. The SMILES string of the molecule is CN(C)c1nc(Cl)nc(N2CCCC2(C)C)n1. The summed E-state index contributed by atoms with van der Waals surface area (Å²) < 4.78 is 0. The van der Waals surface area contributed by atoms with Gasteiger partial charge in [-0.25, -0.2) is 0 Å². The third kappa shape index (κ3) is 2.44. The first-order valence-electron chi connectivity index (χ1n) is 5.77. The van der Waals surface area contributed by atoms with E-state index in [9.17, 15) is 0 Å². The van der Waals surface area contributed by atoms with E-state index in [4.69, 9.17) is 11.6 Å². The van der Waals surface area contributed by atoms with Gasteiger partial charge in [-0.3, -0.25) is 0 Å². The molecule has 0 bridgehead atoms. The van der Waals surface area contributed by atoms with Crippen molar-refractivity contribution in [3.8, 4) is 0 Å². The fourth-order valence-electron chi connectivity index (χ4n) is 2.13. The van der Waals surface area contributed by atoms with Gasteiger partial charge in [0.2, 0.25) is 17.2 Å². The first kappa shape index (κ1) is 12.4. The molecule has 6 heteroatoms. The predicted molar refractivity (Wildman–Crippen MR) is 69.8 cm³/mol. The Hall–Kier alpha value is -1.10. The summed E-state index contributed by atoms with van der Waals surface area (Å²) in [5.74, 6) is 1.28. The van der Waals surface area contributed by atoms with E-state index in [0.29, 0.717) is 11.9 Å². The third-order valence-electron chi connectivity index (χ3n) is 3.13. The Kier molecular flexibility index (Phi) is 3.12. The first-order chi connectivity index (χ1) is 7.90. The molecule has 5 nitrogen and oxygen atoms in total. The Labute approximate surface area is 107 Å². The largest absolute Gasteiger partial charge is 0.347 e. The van der Waals surface area contributed by atoms with E-state index in [2.05, 4.69) is 33.7 Å². The molecule has 1 aliphatic rings. The minimum Gasteiger partial charge on any atom is -0.347 e. The van der Waals surface area contributed by atoms with Crippen LogP contribution in [0.15, 0.2) is 0 Å². The molecule has 0 radical (unpaired) electrons. The van der Waals surface area contributed by atoms with Crippen LogP contribution in [0.25, 0.3) is 0 Å². The fourth-order valence-corrected chi connectivity index (χ4v) is 2.28. The molecule has 1 fully saturated rings. The molecule has 2 heterocycles. The monoisotopic (exact) mass is 255 g/mol. The number of halogens is 1. The normalized spacial score (nSPS) is 18.5. The molecule has 17 heavy (non-hydrogen) atoms. The lowest BCUT2D eigenvalue weighted by Crippen LogP contribution is -2.39. The van der Waals surface area contributed by atoms with Crippen LogP contribution >= 0.6 is 11.6 Å². The first-order valence-corrected chi connectivity index (χ1v) is 6.14. The number of rotatable bonds is 2. The molecule has 1 saturated heterocycles. The maximum Gasteiger partial charge on any atom is 0.231 e. The van der Waals surface area contributed by atoms with Crippen molar-refractivity contribution in [2.45, 2.75) is 32.2 Å². The van der Waals surface area contributed by atoms with Gasteiger partial charge < -0.3 is 9.80 Å². The zero-order valence-corrected chi connectivity index (χ0v) is 11.5. The Morgan fingerprint density at radius 2 is 1.94 bits per heavy atom. The molecule has 0 N–H and O–H groups in total. The predicted octanol–water partition coefficient (Wildman–Crippen LogP) is 1.97. The van der Waals surface area contributed by atoms with Crippen molar-refractivity contribution in [2.24, 2.45) is 0 Å². The van der Waals surface area contributed by atoms with Crippen LogP contribution in [0.3, 0.4) is 0 Å². The lowest BCUT2D eigenvalue weighted by molar-refractivity contribution is 0.509. The number of hydrogen-bond acceptors (Lipinski definition) is 5. The van der Waals surface area contributed by atoms with Gasteiger partial charge in [-0.15, -0.1) is 0 Å². The highest BCUT2D eigenvalue weighted by Gasteiger charge is 2.34. The number of aromatic nitrogens is 3. The van der Waals surface area contributed by atoms with Crippen LogP contribution in [-0.4, -0.2) is 41.1 Å². The smallest absolute Gasteiger partial charge is 0.231 e. The molecule has 1 aromatic heterocycles. The second kappa shape index (κ2) is 4.29. The van der Waals surface area contributed by atoms with Crippen LogP contribution in [0.1, 0.15) is 26.7 Å². The van der Waals surface area contributed by atoms with Crippen molar-refractivity contribution in [1.29, 1.82) is 0 Å². The summed E-state index contributed by atoms with van der Waals surface area (Å²) in [6, 6.07) is 0. The summed E-state index contributed by atoms with van der Waals surface area (Å²) in [6.07, 6.45) is 2.31. The summed E-state index contributed by atoms with van der Waals surface area (Å²) in [5.41, 5.74) is 0.0915. The van der Waals surface area contributed by atoms with E-state index >= 15 is 0 Å². The van der Waals surface area contributed by atoms with Gasteiger partial charge in [-0.1, -0.05) is 0 Å². The lowest BCUT2D eigenvalue weighted by Gasteiger charge is -2.31. The third-order valence-corrected chi connectivity index (χ3v) is 3.30. The van der Waals surface area contributed by atoms with Gasteiger partial charge >= 0.3 is 0 Å². The van der Waals surface area contributed by atoms with Crippen LogP contribution < -0.4 is 9.80 Å². The van der Waals surface area contributed by atoms with E-state index in [1.807, 2.05) is 19.0 Å². The van der Waals surface area contributed by atoms with Gasteiger partial charge in [0, 0.05) is 26.2 Å². The molecule has 0 unspecified atom stereocenters. The minimum absolute atomic E-state index is 0.0915. The van der Waals surface area contributed by atoms with Crippen LogP contribution in [0.5, 0.6) is 0 Å². The molecule has 1 aliphatic heterocycles. The van der Waals surface area contributed by atoms with Gasteiger partial charge in [0.05, 0.1) is 0 Å². The topological polar surface area (TPSA) is 45.2 Å². The van der Waals surface area contributed by atoms with Crippen LogP contribution in [-0.2, 0) is 0 Å². The zero-order valence-electron chi connectivity index (χ0n) is 10.7. The molecule has 1 aromatic rings. The van der Waals surface area contributed by atoms with Crippen molar-refractivity contribution in [3.63, 3.8) is 0 Å². The summed E-state index contributed by atoms with van der Waals surface area (Å²) in [5, 5.41) is 0.251. The number of anilines is 2. The Morgan fingerprint density at radius 1 is 1.24 bits per heavy atom. The molecule has 0 atom stereocenters. The molecule has 2 rings (SSSR count). The lowest BCUT2D eigenvalue weighted by atomic mass is 10.0. The highest BCUT2D eigenvalue weighted by atomic mass is 35.5. The average Bonchev–Trinajstić information content (AvgIpc) is 2.57. The molecule has 94 valence electrons. The van der Waals surface area contributed by atoms with Gasteiger partial charge in [0.1, 0.15) is 0 Å². The molecule has 0 saturated carbocycles. The summed E-state index contributed by atoms with van der Waals surface area (Å²) in [4.78, 5) is 16.8. The van der Waals surface area contributed by atoms with Crippen LogP contribution in [0, 0.1) is 0 Å².